The van der Waals surface area contributed by atoms with Crippen LogP contribution in [0.15, 0.2) is 18.2 Å². The second-order valence-corrected chi connectivity index (χ2v) is 3.72. The number of carbonyl (C=O) groups excluding carboxylic acids is 1. The molecule has 1 aromatic carbocycles. The van der Waals surface area contributed by atoms with Crippen LogP contribution < -0.4 is 15.8 Å². The van der Waals surface area contributed by atoms with Crippen LogP contribution >= 0.6 is 0 Å². The number of benzene rings is 1. The molecule has 1 aromatic rings. The van der Waals surface area contributed by atoms with Crippen molar-refractivity contribution in [2.45, 2.75) is 19.4 Å². The average molecular weight is 252 g/mol. The van der Waals surface area contributed by atoms with E-state index in [1.165, 1.54) is 25.3 Å². The molecule has 1 amide bonds. The summed E-state index contributed by atoms with van der Waals surface area (Å²) in [6.07, 6.45) is 0.470. The van der Waals surface area contributed by atoms with Gasteiger partial charge < -0.3 is 20.9 Å². The van der Waals surface area contributed by atoms with Crippen molar-refractivity contribution >= 4 is 17.6 Å². The van der Waals surface area contributed by atoms with Crippen LogP contribution in [0.1, 0.15) is 23.7 Å². The summed E-state index contributed by atoms with van der Waals surface area (Å²) in [7, 11) is 1.46. The van der Waals surface area contributed by atoms with E-state index in [1.807, 2.05) is 0 Å². The van der Waals surface area contributed by atoms with Crippen molar-refractivity contribution in [3.8, 4) is 5.75 Å². The van der Waals surface area contributed by atoms with Crippen LogP contribution in [0.5, 0.6) is 5.75 Å². The zero-order valence-electron chi connectivity index (χ0n) is 10.3. The van der Waals surface area contributed by atoms with Gasteiger partial charge in [-0.1, -0.05) is 6.92 Å². The Morgan fingerprint density at radius 1 is 1.50 bits per heavy atom. The molecule has 18 heavy (non-hydrogen) atoms. The number of anilines is 1. The second-order valence-electron chi connectivity index (χ2n) is 3.72. The molecule has 0 saturated heterocycles. The smallest absolute Gasteiger partial charge is 0.337 e. The van der Waals surface area contributed by atoms with Crippen LogP contribution in [-0.2, 0) is 4.79 Å². The fraction of sp³-hybridized carbons (Fsp3) is 0.333. The molecule has 0 saturated carbocycles. The van der Waals surface area contributed by atoms with Gasteiger partial charge in [-0.3, -0.25) is 4.79 Å². The number of rotatable bonds is 5. The van der Waals surface area contributed by atoms with Gasteiger partial charge in [-0.15, -0.1) is 0 Å². The first-order valence-corrected chi connectivity index (χ1v) is 5.47. The van der Waals surface area contributed by atoms with Crippen LogP contribution in [-0.4, -0.2) is 30.1 Å². The highest BCUT2D eigenvalue weighted by Gasteiger charge is 2.16. The summed E-state index contributed by atoms with van der Waals surface area (Å²) in [5.74, 6) is -1.09. The Hall–Kier alpha value is -2.08. The molecule has 0 heterocycles. The standard InChI is InChI=1S/C12H16N2O4/c1-3-9(13)11(15)14-10-6-7(18-2)4-5-8(10)12(16)17/h4-6,9H,3,13H2,1-2H3,(H,14,15)(H,16,17)/t9-/m1/s1. The monoisotopic (exact) mass is 252 g/mol. The van der Waals surface area contributed by atoms with Gasteiger partial charge in [0.15, 0.2) is 0 Å². The van der Waals surface area contributed by atoms with Gasteiger partial charge in [-0.05, 0) is 18.6 Å². The molecule has 0 aliphatic rings. The first-order valence-electron chi connectivity index (χ1n) is 5.47. The van der Waals surface area contributed by atoms with Crippen molar-refractivity contribution in [1.82, 2.24) is 0 Å². The lowest BCUT2D eigenvalue weighted by molar-refractivity contribution is -0.117. The Morgan fingerprint density at radius 3 is 2.67 bits per heavy atom. The minimum atomic E-state index is -1.13. The lowest BCUT2D eigenvalue weighted by atomic mass is 10.1. The van der Waals surface area contributed by atoms with Crippen molar-refractivity contribution in [3.05, 3.63) is 23.8 Å². The Balaban J connectivity index is 3.04. The summed E-state index contributed by atoms with van der Waals surface area (Å²) in [5, 5.41) is 11.5. The van der Waals surface area contributed by atoms with Gasteiger partial charge in [-0.25, -0.2) is 4.79 Å². The molecule has 6 heteroatoms. The Morgan fingerprint density at radius 2 is 2.17 bits per heavy atom. The van der Waals surface area contributed by atoms with Crippen molar-refractivity contribution in [3.63, 3.8) is 0 Å². The molecule has 0 radical (unpaired) electrons. The van der Waals surface area contributed by atoms with Gasteiger partial charge in [0.25, 0.3) is 0 Å². The number of methoxy groups -OCH3 is 1. The molecule has 1 rings (SSSR count). The quantitative estimate of drug-likeness (QED) is 0.727. The number of amides is 1. The summed E-state index contributed by atoms with van der Waals surface area (Å²) < 4.78 is 4.98. The molecule has 0 bridgehead atoms. The number of hydrogen-bond donors (Lipinski definition) is 3. The highest BCUT2D eigenvalue weighted by atomic mass is 16.5. The van der Waals surface area contributed by atoms with E-state index in [2.05, 4.69) is 5.32 Å². The third-order valence-electron chi connectivity index (χ3n) is 2.49. The molecular formula is C12H16N2O4. The predicted octanol–water partition coefficient (Wildman–Crippen LogP) is 1.07. The average Bonchev–Trinajstić information content (AvgIpc) is 2.37. The molecule has 0 aliphatic carbocycles. The van der Waals surface area contributed by atoms with E-state index >= 15 is 0 Å². The van der Waals surface area contributed by atoms with E-state index in [4.69, 9.17) is 15.6 Å². The Labute approximate surface area is 105 Å². The normalized spacial score (nSPS) is 11.7. The van der Waals surface area contributed by atoms with E-state index in [0.29, 0.717) is 12.2 Å². The number of nitrogens with two attached hydrogens (primary N) is 1. The number of hydrogen-bond acceptors (Lipinski definition) is 4. The number of nitrogens with one attached hydrogen (secondary N) is 1. The summed E-state index contributed by atoms with van der Waals surface area (Å²) >= 11 is 0. The molecule has 0 unspecified atom stereocenters. The molecule has 0 aromatic heterocycles. The van der Waals surface area contributed by atoms with E-state index < -0.39 is 17.9 Å². The topological polar surface area (TPSA) is 102 Å². The van der Waals surface area contributed by atoms with E-state index in [-0.39, 0.29) is 11.3 Å². The SMILES string of the molecule is CC[C@@H](N)C(=O)Nc1cc(OC)ccc1C(=O)O. The van der Waals surface area contributed by atoms with Gasteiger partial charge in [0.2, 0.25) is 5.91 Å². The third-order valence-corrected chi connectivity index (χ3v) is 2.49. The van der Waals surface area contributed by atoms with Crippen molar-refractivity contribution in [2.75, 3.05) is 12.4 Å². The minimum absolute atomic E-state index is 0.00699. The van der Waals surface area contributed by atoms with Gasteiger partial charge in [0, 0.05) is 6.07 Å². The summed E-state index contributed by atoms with van der Waals surface area (Å²) in [6, 6.07) is 3.66. The molecule has 6 nitrogen and oxygen atoms in total. The first-order chi connectivity index (χ1) is 8.49. The third kappa shape index (κ3) is 3.21. The maximum absolute atomic E-state index is 11.6. The molecule has 4 N–H and O–H groups in total. The van der Waals surface area contributed by atoms with E-state index in [1.54, 1.807) is 6.92 Å². The fourth-order valence-corrected chi connectivity index (χ4v) is 1.35. The Kier molecular flexibility index (Phi) is 4.67. The van der Waals surface area contributed by atoms with Gasteiger partial charge in [-0.2, -0.15) is 0 Å². The summed E-state index contributed by atoms with van der Waals surface area (Å²) in [6.45, 7) is 1.77. The second kappa shape index (κ2) is 6.02. The maximum Gasteiger partial charge on any atom is 0.337 e. The lowest BCUT2D eigenvalue weighted by Gasteiger charge is -2.13. The number of carbonyl (C=O) groups is 2. The fourth-order valence-electron chi connectivity index (χ4n) is 1.35. The van der Waals surface area contributed by atoms with Crippen LogP contribution in [0, 0.1) is 0 Å². The molecule has 1 atom stereocenters. The van der Waals surface area contributed by atoms with Gasteiger partial charge in [0.1, 0.15) is 5.75 Å². The number of ether oxygens (including phenoxy) is 1. The number of carboxylic acids is 1. The Bertz CT molecular complexity index is 459. The number of aromatic carboxylic acids is 1. The van der Waals surface area contributed by atoms with E-state index in [9.17, 15) is 9.59 Å². The van der Waals surface area contributed by atoms with Crippen LogP contribution in [0.3, 0.4) is 0 Å². The van der Waals surface area contributed by atoms with Crippen molar-refractivity contribution in [1.29, 1.82) is 0 Å². The minimum Gasteiger partial charge on any atom is -0.497 e. The first kappa shape index (κ1) is 14.0. The summed E-state index contributed by atoms with van der Waals surface area (Å²) in [5.41, 5.74) is 5.74. The highest BCUT2D eigenvalue weighted by molar-refractivity contribution is 6.02. The molecule has 0 aliphatic heterocycles. The van der Waals surface area contributed by atoms with Crippen LogP contribution in [0.4, 0.5) is 5.69 Å². The maximum atomic E-state index is 11.6. The largest absolute Gasteiger partial charge is 0.497 e. The molecular weight excluding hydrogens is 236 g/mol. The molecule has 0 fully saturated rings. The summed E-state index contributed by atoms with van der Waals surface area (Å²) in [4.78, 5) is 22.7. The predicted molar refractivity (Wildman–Crippen MR) is 66.8 cm³/mol. The van der Waals surface area contributed by atoms with Crippen molar-refractivity contribution < 1.29 is 19.4 Å². The molecule has 98 valence electrons. The zero-order valence-corrected chi connectivity index (χ0v) is 10.3. The lowest BCUT2D eigenvalue weighted by Crippen LogP contribution is -2.35. The van der Waals surface area contributed by atoms with Crippen LogP contribution in [0.2, 0.25) is 0 Å². The zero-order chi connectivity index (χ0) is 13.7. The van der Waals surface area contributed by atoms with Crippen LogP contribution in [0.25, 0.3) is 0 Å². The van der Waals surface area contributed by atoms with Gasteiger partial charge >= 0.3 is 5.97 Å². The number of carboxylic acid groups (broad SMARTS) is 1. The van der Waals surface area contributed by atoms with Crippen molar-refractivity contribution in [2.24, 2.45) is 5.73 Å². The van der Waals surface area contributed by atoms with E-state index in [0.717, 1.165) is 0 Å². The highest BCUT2D eigenvalue weighted by Crippen LogP contribution is 2.22. The van der Waals surface area contributed by atoms with Gasteiger partial charge in [0.05, 0.1) is 24.4 Å². The molecule has 0 spiro atoms.